The summed E-state index contributed by atoms with van der Waals surface area (Å²) in [5, 5.41) is 1.75. The number of aliphatic imine (C=N–C) groups is 1. The highest BCUT2D eigenvalue weighted by molar-refractivity contribution is 6.43. The molecule has 158 valence electrons. The summed E-state index contributed by atoms with van der Waals surface area (Å²) in [5.74, 6) is -4.83. The molecule has 0 bridgehead atoms. The third-order valence-corrected chi connectivity index (χ3v) is 4.53. The van der Waals surface area contributed by atoms with E-state index >= 15 is 0 Å². The Morgan fingerprint density at radius 2 is 1.79 bits per heavy atom. The summed E-state index contributed by atoms with van der Waals surface area (Å²) in [4.78, 5) is 40.9. The lowest BCUT2D eigenvalue weighted by Crippen LogP contribution is -2.58. The number of hydrogen-bond acceptors (Lipinski definition) is 5. The molecular formula is C20H23F3N2O4. The molecule has 6 nitrogen and oxygen atoms in total. The van der Waals surface area contributed by atoms with Gasteiger partial charge < -0.3 is 10.1 Å². The molecule has 1 heterocycles. The van der Waals surface area contributed by atoms with E-state index in [0.29, 0.717) is 0 Å². The minimum absolute atomic E-state index is 0.0976. The molecular weight excluding hydrogens is 389 g/mol. The lowest BCUT2D eigenvalue weighted by Gasteiger charge is -2.30. The standard InChI is InChI=1S/C20H23F3N2O4/c1-12(2)10-18(3,25-16(27)20(21,22)23)14(26)15-24-19(4,17(28)29-15)11-13-8-6-5-7-9-13/h5-9,12H,10-11H2,1-4H3,(H,25,27)/t18-,19?/m0/s1. The number of alkyl halides is 3. The molecule has 1 aromatic carbocycles. The highest BCUT2D eigenvalue weighted by Crippen LogP contribution is 2.29. The summed E-state index contributed by atoms with van der Waals surface area (Å²) in [7, 11) is 0. The van der Waals surface area contributed by atoms with Gasteiger partial charge >= 0.3 is 18.1 Å². The van der Waals surface area contributed by atoms with Crippen molar-refractivity contribution in [1.29, 1.82) is 0 Å². The fourth-order valence-corrected chi connectivity index (χ4v) is 3.27. The lowest BCUT2D eigenvalue weighted by molar-refractivity contribution is -0.176. The van der Waals surface area contributed by atoms with Gasteiger partial charge in [0.25, 0.3) is 5.90 Å². The minimum Gasteiger partial charge on any atom is -0.402 e. The Kier molecular flexibility index (Phi) is 6.20. The molecule has 0 saturated heterocycles. The summed E-state index contributed by atoms with van der Waals surface area (Å²) in [5.41, 5.74) is -2.54. The van der Waals surface area contributed by atoms with Crippen LogP contribution in [0.5, 0.6) is 0 Å². The van der Waals surface area contributed by atoms with Gasteiger partial charge in [0.15, 0.2) is 5.54 Å². The molecule has 1 aliphatic heterocycles. The number of carbonyl (C=O) groups is 3. The topological polar surface area (TPSA) is 84.8 Å². The van der Waals surface area contributed by atoms with E-state index < -0.39 is 40.8 Å². The molecule has 1 aliphatic rings. The molecule has 29 heavy (non-hydrogen) atoms. The quantitative estimate of drug-likeness (QED) is 0.698. The van der Waals surface area contributed by atoms with Crippen LogP contribution in [0.2, 0.25) is 0 Å². The summed E-state index contributed by atoms with van der Waals surface area (Å²) in [6.45, 7) is 6.03. The van der Waals surface area contributed by atoms with Crippen LogP contribution >= 0.6 is 0 Å². The van der Waals surface area contributed by atoms with E-state index in [1.807, 2.05) is 0 Å². The van der Waals surface area contributed by atoms with Gasteiger partial charge in [-0.3, -0.25) is 9.59 Å². The maximum Gasteiger partial charge on any atom is 0.471 e. The number of esters is 1. The van der Waals surface area contributed by atoms with Gasteiger partial charge in [-0.2, -0.15) is 13.2 Å². The van der Waals surface area contributed by atoms with Crippen molar-refractivity contribution in [3.63, 3.8) is 0 Å². The van der Waals surface area contributed by atoms with E-state index in [-0.39, 0.29) is 18.8 Å². The number of hydrogen-bond donors (Lipinski definition) is 1. The number of halogens is 3. The summed E-state index contributed by atoms with van der Waals surface area (Å²) in [6, 6.07) is 8.92. The van der Waals surface area contributed by atoms with E-state index in [2.05, 4.69) is 4.99 Å². The average molecular weight is 412 g/mol. The number of carbonyl (C=O) groups excluding carboxylic acids is 3. The second-order valence-corrected chi connectivity index (χ2v) is 7.95. The van der Waals surface area contributed by atoms with Crippen LogP contribution in [0.25, 0.3) is 0 Å². The van der Waals surface area contributed by atoms with Crippen molar-refractivity contribution < 1.29 is 32.3 Å². The molecule has 2 atom stereocenters. The number of ether oxygens (including phenoxy) is 1. The lowest BCUT2D eigenvalue weighted by atomic mass is 9.86. The highest BCUT2D eigenvalue weighted by Gasteiger charge is 2.50. The Labute approximate surface area is 166 Å². The number of amides is 1. The van der Waals surface area contributed by atoms with Gasteiger partial charge in [-0.1, -0.05) is 44.2 Å². The second kappa shape index (κ2) is 7.96. The van der Waals surface area contributed by atoms with Gasteiger partial charge in [-0.15, -0.1) is 0 Å². The van der Waals surface area contributed by atoms with E-state index in [0.717, 1.165) is 5.56 Å². The Hall–Kier alpha value is -2.71. The first kappa shape index (κ1) is 22.6. The monoisotopic (exact) mass is 412 g/mol. The molecule has 1 aromatic rings. The number of ketones is 1. The van der Waals surface area contributed by atoms with Crippen LogP contribution in [0.3, 0.4) is 0 Å². The summed E-state index contributed by atoms with van der Waals surface area (Å²) in [6.07, 6.45) is -5.10. The highest BCUT2D eigenvalue weighted by atomic mass is 19.4. The van der Waals surface area contributed by atoms with Crippen LogP contribution in [0.4, 0.5) is 13.2 Å². The minimum atomic E-state index is -5.16. The first-order valence-corrected chi connectivity index (χ1v) is 9.07. The Bertz CT molecular complexity index is 836. The Morgan fingerprint density at radius 1 is 1.21 bits per heavy atom. The normalized spacial score (nSPS) is 21.4. The average Bonchev–Trinajstić information content (AvgIpc) is 2.88. The SMILES string of the molecule is CC(C)C[C@](C)(NC(=O)C(F)(F)F)C(=O)C1=NC(C)(Cc2ccccc2)C(=O)O1. The van der Waals surface area contributed by atoms with Crippen molar-refractivity contribution in [3.8, 4) is 0 Å². The van der Waals surface area contributed by atoms with Crippen LogP contribution < -0.4 is 5.32 Å². The molecule has 0 radical (unpaired) electrons. The fraction of sp³-hybridized carbons (Fsp3) is 0.500. The second-order valence-electron chi connectivity index (χ2n) is 7.95. The van der Waals surface area contributed by atoms with Crippen LogP contribution in [0, 0.1) is 5.92 Å². The third kappa shape index (κ3) is 5.21. The van der Waals surface area contributed by atoms with Crippen LogP contribution in [0.1, 0.15) is 39.7 Å². The zero-order valence-corrected chi connectivity index (χ0v) is 16.6. The molecule has 2 rings (SSSR count). The molecule has 9 heteroatoms. The van der Waals surface area contributed by atoms with E-state index in [1.54, 1.807) is 49.5 Å². The van der Waals surface area contributed by atoms with Gasteiger partial charge in [0, 0.05) is 6.42 Å². The molecule has 1 amide bonds. The van der Waals surface area contributed by atoms with Gasteiger partial charge in [-0.25, -0.2) is 9.79 Å². The van der Waals surface area contributed by atoms with Crippen molar-refractivity contribution in [1.82, 2.24) is 5.32 Å². The number of cyclic esters (lactones) is 1. The summed E-state index contributed by atoms with van der Waals surface area (Å²) >= 11 is 0. The molecule has 0 spiro atoms. The molecule has 0 aliphatic carbocycles. The predicted molar refractivity (Wildman–Crippen MR) is 99.1 cm³/mol. The fourth-order valence-electron chi connectivity index (χ4n) is 3.27. The van der Waals surface area contributed by atoms with Crippen molar-refractivity contribution in [2.45, 2.75) is 57.8 Å². The maximum absolute atomic E-state index is 13.0. The van der Waals surface area contributed by atoms with Gasteiger partial charge in [0.2, 0.25) is 5.78 Å². The predicted octanol–water partition coefficient (Wildman–Crippen LogP) is 3.00. The van der Waals surface area contributed by atoms with E-state index in [4.69, 9.17) is 4.74 Å². The Balaban J connectivity index is 2.33. The third-order valence-electron chi connectivity index (χ3n) is 4.53. The molecule has 1 unspecified atom stereocenters. The summed E-state index contributed by atoms with van der Waals surface area (Å²) < 4.78 is 43.3. The van der Waals surface area contributed by atoms with Crippen LogP contribution in [-0.2, 0) is 25.5 Å². The molecule has 1 N–H and O–H groups in total. The molecule has 0 aromatic heterocycles. The van der Waals surface area contributed by atoms with Crippen LogP contribution in [0.15, 0.2) is 35.3 Å². The molecule has 0 saturated carbocycles. The van der Waals surface area contributed by atoms with Gasteiger partial charge in [-0.05, 0) is 31.7 Å². The number of nitrogens with one attached hydrogen (secondary N) is 1. The van der Waals surface area contributed by atoms with Crippen LogP contribution in [-0.4, -0.2) is 40.8 Å². The Morgan fingerprint density at radius 3 is 2.31 bits per heavy atom. The first-order chi connectivity index (χ1) is 13.3. The van der Waals surface area contributed by atoms with Gasteiger partial charge in [0.05, 0.1) is 0 Å². The van der Waals surface area contributed by atoms with Crippen molar-refractivity contribution in [3.05, 3.63) is 35.9 Å². The zero-order valence-electron chi connectivity index (χ0n) is 16.6. The van der Waals surface area contributed by atoms with E-state index in [1.165, 1.54) is 13.8 Å². The number of Topliss-reactive ketones (excluding diaryl/α,β-unsaturated/α-hetero) is 1. The van der Waals surface area contributed by atoms with Gasteiger partial charge in [0.1, 0.15) is 5.54 Å². The number of nitrogens with zero attached hydrogens (tertiary/aromatic N) is 1. The number of rotatable bonds is 7. The van der Waals surface area contributed by atoms with Crippen molar-refractivity contribution in [2.75, 3.05) is 0 Å². The first-order valence-electron chi connectivity index (χ1n) is 9.07. The molecule has 0 fully saturated rings. The number of benzene rings is 1. The zero-order chi connectivity index (χ0) is 22.0. The maximum atomic E-state index is 13.0. The largest absolute Gasteiger partial charge is 0.471 e. The van der Waals surface area contributed by atoms with Crippen molar-refractivity contribution in [2.24, 2.45) is 10.9 Å². The van der Waals surface area contributed by atoms with E-state index in [9.17, 15) is 27.6 Å². The van der Waals surface area contributed by atoms with Crippen molar-refractivity contribution >= 4 is 23.6 Å². The smallest absolute Gasteiger partial charge is 0.402 e.